The summed E-state index contributed by atoms with van der Waals surface area (Å²) < 4.78 is 89.5. The number of allylic oxidation sites excluding steroid dienone is 6. The van der Waals surface area contributed by atoms with Gasteiger partial charge in [0.15, 0.2) is 21.8 Å². The van der Waals surface area contributed by atoms with Gasteiger partial charge in [-0.25, -0.2) is 39.5 Å². The van der Waals surface area contributed by atoms with Crippen LogP contribution in [0.3, 0.4) is 0 Å². The van der Waals surface area contributed by atoms with Crippen LogP contribution >= 0.6 is 22.7 Å². The quantitative estimate of drug-likeness (QED) is 0.0569. The highest BCUT2D eigenvalue weighted by atomic mass is 32.1. The van der Waals surface area contributed by atoms with E-state index in [4.69, 9.17) is 31.2 Å². The zero-order chi connectivity index (χ0) is 50.8. The summed E-state index contributed by atoms with van der Waals surface area (Å²) in [5.41, 5.74) is 13.2. The molecule has 0 radical (unpaired) electrons. The lowest BCUT2D eigenvalue weighted by molar-refractivity contribution is -0.138. The Morgan fingerprint density at radius 2 is 0.929 bits per heavy atom. The van der Waals surface area contributed by atoms with E-state index >= 15 is 0 Å². The molecule has 0 aliphatic rings. The number of fused-ring (bicyclic) bond motifs is 2. The highest BCUT2D eigenvalue weighted by molar-refractivity contribution is 7.22. The summed E-state index contributed by atoms with van der Waals surface area (Å²) in [6.45, 7) is 3.65. The van der Waals surface area contributed by atoms with E-state index in [1.807, 2.05) is 38.1 Å². The number of benzene rings is 4. The second kappa shape index (κ2) is 24.5. The number of nitrogens with zero attached hydrogens (tertiary/aromatic N) is 6. The first kappa shape index (κ1) is 52.5. The second-order valence-corrected chi connectivity index (χ2v) is 15.7. The molecule has 0 spiro atoms. The third-order valence-electron chi connectivity index (χ3n) is 8.61. The number of ether oxygens (including phenoxy) is 2. The Bertz CT molecular complexity index is 2940. The number of thiazole rings is 2. The summed E-state index contributed by atoms with van der Waals surface area (Å²) in [5.74, 6) is -0.362. The lowest BCUT2D eigenvalue weighted by Gasteiger charge is -2.09. The Balaban J connectivity index is 0.000000200. The molecule has 0 amide bonds. The van der Waals surface area contributed by atoms with E-state index in [9.17, 15) is 35.9 Å². The first-order valence-electron chi connectivity index (χ1n) is 20.0. The smallest absolute Gasteiger partial charge is 0.416 e. The lowest BCUT2D eigenvalue weighted by atomic mass is 10.1. The van der Waals surface area contributed by atoms with Gasteiger partial charge < -0.3 is 31.2 Å². The molecule has 4 aromatic carbocycles. The Morgan fingerprint density at radius 3 is 1.26 bits per heavy atom. The van der Waals surface area contributed by atoms with Crippen LogP contribution in [0.5, 0.6) is 23.3 Å². The summed E-state index contributed by atoms with van der Waals surface area (Å²) in [7, 11) is 0. The SMILES string of the molecule is C/C=C/C=C/C(=O)O.C/C=C/C=C/C(=O)O.Nc1nc2c(Oc3cc(-c4ccc(C(F)(F)F)cc4)ncn3)cccc2s1.Nc1nc2c(Oc3cc(-c4ccc(C(F)(F)F)cc4)ncn3)cccc2s1. The molecule has 4 heterocycles. The van der Waals surface area contributed by atoms with Gasteiger partial charge in [-0.1, -0.05) is 95.5 Å². The van der Waals surface area contributed by atoms with Crippen molar-refractivity contribution in [3.63, 3.8) is 0 Å². The molecule has 70 heavy (non-hydrogen) atoms. The zero-order valence-electron chi connectivity index (χ0n) is 36.5. The molecule has 4 aromatic heterocycles. The van der Waals surface area contributed by atoms with Crippen LogP contribution in [0.25, 0.3) is 42.9 Å². The minimum Gasteiger partial charge on any atom is -0.478 e. The van der Waals surface area contributed by atoms with Crippen LogP contribution in [-0.2, 0) is 21.9 Å². The van der Waals surface area contributed by atoms with Gasteiger partial charge in [0, 0.05) is 35.4 Å². The fourth-order valence-electron chi connectivity index (χ4n) is 5.54. The van der Waals surface area contributed by atoms with Crippen LogP contribution in [0.2, 0.25) is 0 Å². The van der Waals surface area contributed by atoms with E-state index in [-0.39, 0.29) is 11.8 Å². The van der Waals surface area contributed by atoms with E-state index < -0.39 is 35.4 Å². The molecule has 0 aliphatic heterocycles. The Hall–Kier alpha value is -8.50. The molecule has 22 heteroatoms. The number of aromatic nitrogens is 6. The third kappa shape index (κ3) is 15.8. The largest absolute Gasteiger partial charge is 0.478 e. The maximum atomic E-state index is 12.7. The first-order chi connectivity index (χ1) is 33.3. The monoisotopic (exact) mass is 1000 g/mol. The van der Waals surface area contributed by atoms with Crippen molar-refractivity contribution in [1.29, 1.82) is 0 Å². The van der Waals surface area contributed by atoms with Gasteiger partial charge in [-0.05, 0) is 62.4 Å². The van der Waals surface area contributed by atoms with Crippen molar-refractivity contribution in [2.75, 3.05) is 11.5 Å². The number of aliphatic carboxylic acids is 2. The summed E-state index contributed by atoms with van der Waals surface area (Å²) >= 11 is 2.68. The van der Waals surface area contributed by atoms with Crippen molar-refractivity contribution in [1.82, 2.24) is 29.9 Å². The van der Waals surface area contributed by atoms with Crippen molar-refractivity contribution >= 4 is 65.3 Å². The predicted octanol–water partition coefficient (Wildman–Crippen LogP) is 12.7. The fourth-order valence-corrected chi connectivity index (χ4v) is 7.04. The molecular formula is C48H38F6N8O6S2. The molecule has 0 aliphatic carbocycles. The fraction of sp³-hybridized carbons (Fsp3) is 0.0833. The van der Waals surface area contributed by atoms with E-state index in [0.29, 0.717) is 55.3 Å². The van der Waals surface area contributed by atoms with E-state index in [1.165, 1.54) is 71.7 Å². The summed E-state index contributed by atoms with van der Waals surface area (Å²) in [6, 6.07) is 23.4. The van der Waals surface area contributed by atoms with Gasteiger partial charge in [0.1, 0.15) is 23.7 Å². The van der Waals surface area contributed by atoms with Crippen LogP contribution in [-0.4, -0.2) is 52.1 Å². The van der Waals surface area contributed by atoms with E-state index in [0.717, 1.165) is 45.8 Å². The van der Waals surface area contributed by atoms with Crippen LogP contribution in [0.1, 0.15) is 25.0 Å². The van der Waals surface area contributed by atoms with Gasteiger partial charge in [0.25, 0.3) is 0 Å². The number of nitrogens with two attached hydrogens (primary N) is 2. The highest BCUT2D eigenvalue weighted by Gasteiger charge is 2.31. The zero-order valence-corrected chi connectivity index (χ0v) is 38.1. The predicted molar refractivity (Wildman–Crippen MR) is 256 cm³/mol. The second-order valence-electron chi connectivity index (χ2n) is 13.6. The molecule has 6 N–H and O–H groups in total. The molecule has 0 fully saturated rings. The van der Waals surface area contributed by atoms with Gasteiger partial charge in [-0.2, -0.15) is 26.3 Å². The number of hydrogen-bond acceptors (Lipinski definition) is 14. The molecule has 0 atom stereocenters. The number of halogens is 6. The molecule has 0 unspecified atom stereocenters. The molecule has 360 valence electrons. The standard InChI is InChI=1S/2C18H11F3N4OS.2C6H8O2/c2*19-18(20,21)11-6-4-10(5-7-11)12-8-15(24-9-23-12)26-13-2-1-3-14-16(13)25-17(22)27-14;2*1-2-3-4-5-6(7)8/h2*1-9H,(H2,22,25);2*2-5H,1H3,(H,7,8)/b;;2*3-2+,5-4+. The molecule has 8 rings (SSSR count). The number of carboxylic acid groups (broad SMARTS) is 2. The van der Waals surface area contributed by atoms with Crippen molar-refractivity contribution in [2.24, 2.45) is 0 Å². The van der Waals surface area contributed by atoms with E-state index in [2.05, 4.69) is 29.9 Å². The van der Waals surface area contributed by atoms with Crippen LogP contribution in [0.15, 0.2) is 158 Å². The van der Waals surface area contributed by atoms with Crippen molar-refractivity contribution in [3.05, 3.63) is 169 Å². The van der Waals surface area contributed by atoms with Crippen LogP contribution in [0.4, 0.5) is 36.6 Å². The molecule has 0 bridgehead atoms. The number of carbonyl (C=O) groups is 2. The summed E-state index contributed by atoms with van der Waals surface area (Å²) in [5, 5.41) is 16.9. The van der Waals surface area contributed by atoms with Gasteiger partial charge in [-0.3, -0.25) is 0 Å². The lowest BCUT2D eigenvalue weighted by Crippen LogP contribution is -2.04. The van der Waals surface area contributed by atoms with Crippen molar-refractivity contribution in [2.45, 2.75) is 26.2 Å². The molecular weight excluding hydrogens is 963 g/mol. The minimum atomic E-state index is -4.38. The number of anilines is 2. The minimum absolute atomic E-state index is 0.249. The number of para-hydroxylation sites is 2. The van der Waals surface area contributed by atoms with Crippen LogP contribution < -0.4 is 20.9 Å². The Morgan fingerprint density at radius 1 is 0.557 bits per heavy atom. The third-order valence-corrected chi connectivity index (χ3v) is 10.3. The summed E-state index contributed by atoms with van der Waals surface area (Å²) in [4.78, 5) is 44.3. The average Bonchev–Trinajstić information content (AvgIpc) is 3.91. The Labute approximate surface area is 402 Å². The van der Waals surface area contributed by atoms with Crippen molar-refractivity contribution < 1.29 is 55.6 Å². The average molecular weight is 1000 g/mol. The number of hydrogen-bond donors (Lipinski definition) is 4. The summed E-state index contributed by atoms with van der Waals surface area (Å²) in [6.07, 6.45) is 5.78. The highest BCUT2D eigenvalue weighted by Crippen LogP contribution is 2.36. The number of carboxylic acids is 2. The van der Waals surface area contributed by atoms with Crippen molar-refractivity contribution in [3.8, 4) is 45.8 Å². The van der Waals surface area contributed by atoms with Gasteiger partial charge in [0.2, 0.25) is 11.8 Å². The normalized spacial score (nSPS) is 11.5. The molecule has 0 saturated heterocycles. The maximum Gasteiger partial charge on any atom is 0.416 e. The van der Waals surface area contributed by atoms with Crippen LogP contribution in [0, 0.1) is 0 Å². The van der Waals surface area contributed by atoms with E-state index in [1.54, 1.807) is 48.6 Å². The molecule has 8 aromatic rings. The topological polar surface area (TPSA) is 222 Å². The van der Waals surface area contributed by atoms with Gasteiger partial charge >= 0.3 is 24.3 Å². The molecule has 14 nitrogen and oxygen atoms in total. The number of alkyl halides is 6. The maximum absolute atomic E-state index is 12.7. The number of nitrogen functional groups attached to an aromatic ring is 2. The molecule has 0 saturated carbocycles. The first-order valence-corrected chi connectivity index (χ1v) is 21.7. The Kier molecular flexibility index (Phi) is 18.4. The van der Waals surface area contributed by atoms with Gasteiger partial charge in [0.05, 0.1) is 31.9 Å². The number of rotatable bonds is 10. The van der Waals surface area contributed by atoms with Gasteiger partial charge in [-0.15, -0.1) is 0 Å².